The molecule has 1 fully saturated rings. The van der Waals surface area contributed by atoms with Crippen LogP contribution in [0.5, 0.6) is 0 Å². The first-order valence-electron chi connectivity index (χ1n) is 6.74. The average molecular weight is 196 g/mol. The van der Waals surface area contributed by atoms with Crippen LogP contribution < -0.4 is 0 Å². The third-order valence-electron chi connectivity index (χ3n) is 4.59. The lowest BCUT2D eigenvalue weighted by Crippen LogP contribution is -2.32. The molecule has 0 bridgehead atoms. The van der Waals surface area contributed by atoms with Crippen LogP contribution in [0.15, 0.2) is 0 Å². The maximum Gasteiger partial charge on any atom is -0.0332 e. The molecule has 14 heavy (non-hydrogen) atoms. The Morgan fingerprint density at radius 3 is 1.86 bits per heavy atom. The van der Waals surface area contributed by atoms with Gasteiger partial charge in [0.1, 0.15) is 0 Å². The maximum absolute atomic E-state index is 2.47. The first-order valence-corrected chi connectivity index (χ1v) is 6.74. The van der Waals surface area contributed by atoms with E-state index in [0.717, 1.165) is 23.7 Å². The van der Waals surface area contributed by atoms with Crippen molar-refractivity contribution >= 4 is 0 Å². The van der Waals surface area contributed by atoms with Crippen LogP contribution in [0.4, 0.5) is 0 Å². The van der Waals surface area contributed by atoms with Gasteiger partial charge in [0.05, 0.1) is 0 Å². The van der Waals surface area contributed by atoms with E-state index in [9.17, 15) is 0 Å². The highest BCUT2D eigenvalue weighted by molar-refractivity contribution is 4.83. The van der Waals surface area contributed by atoms with Gasteiger partial charge in [-0.2, -0.15) is 0 Å². The molecular weight excluding hydrogens is 168 g/mol. The van der Waals surface area contributed by atoms with Crippen LogP contribution in [-0.4, -0.2) is 0 Å². The Morgan fingerprint density at radius 1 is 1.00 bits per heavy atom. The van der Waals surface area contributed by atoms with Gasteiger partial charge in [-0.25, -0.2) is 0 Å². The Kier molecular flexibility index (Phi) is 4.98. The summed E-state index contributed by atoms with van der Waals surface area (Å²) in [6.45, 7) is 9.61. The van der Waals surface area contributed by atoms with Crippen molar-refractivity contribution in [3.8, 4) is 0 Å². The minimum absolute atomic E-state index is 0.949. The van der Waals surface area contributed by atoms with Crippen LogP contribution in [0.25, 0.3) is 0 Å². The molecule has 0 aromatic carbocycles. The fraction of sp³-hybridized carbons (Fsp3) is 1.00. The maximum atomic E-state index is 2.47. The van der Waals surface area contributed by atoms with Crippen LogP contribution in [0.1, 0.15) is 66.2 Å². The predicted molar refractivity (Wildman–Crippen MR) is 64.4 cm³/mol. The molecule has 1 saturated carbocycles. The fourth-order valence-electron chi connectivity index (χ4n) is 3.57. The Labute approximate surface area is 90.5 Å². The first kappa shape index (κ1) is 12.1. The van der Waals surface area contributed by atoms with Crippen molar-refractivity contribution in [1.82, 2.24) is 0 Å². The van der Waals surface area contributed by atoms with Gasteiger partial charge in [0, 0.05) is 0 Å². The van der Waals surface area contributed by atoms with Crippen molar-refractivity contribution in [2.75, 3.05) is 0 Å². The highest BCUT2D eigenvalue weighted by atomic mass is 14.4. The Balaban J connectivity index is 2.67. The van der Waals surface area contributed by atoms with Crippen LogP contribution >= 0.6 is 0 Å². The second kappa shape index (κ2) is 5.78. The molecule has 0 nitrogen and oxygen atoms in total. The summed E-state index contributed by atoms with van der Waals surface area (Å²) in [5.41, 5.74) is 0. The van der Waals surface area contributed by atoms with Crippen LogP contribution in [0.3, 0.4) is 0 Å². The summed E-state index contributed by atoms with van der Waals surface area (Å²) in [5, 5.41) is 0. The molecular formula is C14H28. The van der Waals surface area contributed by atoms with Crippen molar-refractivity contribution in [2.24, 2.45) is 23.7 Å². The highest BCUT2D eigenvalue weighted by Gasteiger charge is 2.33. The van der Waals surface area contributed by atoms with Gasteiger partial charge in [-0.15, -0.1) is 0 Å². The SMILES string of the molecule is CCC(C)C1C(CC)CCCC1CC. The molecule has 1 aliphatic carbocycles. The van der Waals surface area contributed by atoms with Crippen molar-refractivity contribution in [2.45, 2.75) is 66.2 Å². The van der Waals surface area contributed by atoms with E-state index in [4.69, 9.17) is 0 Å². The molecule has 0 heteroatoms. The lowest BCUT2D eigenvalue weighted by atomic mass is 9.64. The highest BCUT2D eigenvalue weighted by Crippen LogP contribution is 2.43. The molecule has 0 aliphatic heterocycles. The summed E-state index contributed by atoms with van der Waals surface area (Å²) >= 11 is 0. The van der Waals surface area contributed by atoms with Crippen molar-refractivity contribution in [1.29, 1.82) is 0 Å². The lowest BCUT2D eigenvalue weighted by molar-refractivity contribution is 0.0894. The van der Waals surface area contributed by atoms with Gasteiger partial charge in [0.15, 0.2) is 0 Å². The van der Waals surface area contributed by atoms with E-state index in [1.807, 2.05) is 0 Å². The van der Waals surface area contributed by atoms with E-state index in [0.29, 0.717) is 0 Å². The number of hydrogen-bond donors (Lipinski definition) is 0. The first-order chi connectivity index (χ1) is 6.74. The quantitative estimate of drug-likeness (QED) is 0.601. The molecule has 1 aliphatic rings. The van der Waals surface area contributed by atoms with E-state index in [2.05, 4.69) is 27.7 Å². The monoisotopic (exact) mass is 196 g/mol. The van der Waals surface area contributed by atoms with Crippen LogP contribution in [0, 0.1) is 23.7 Å². The third kappa shape index (κ3) is 2.52. The number of rotatable bonds is 4. The Hall–Kier alpha value is 0. The molecule has 3 unspecified atom stereocenters. The van der Waals surface area contributed by atoms with E-state index >= 15 is 0 Å². The largest absolute Gasteiger partial charge is 0.0651 e. The lowest BCUT2D eigenvalue weighted by Gasteiger charge is -2.41. The normalized spacial score (nSPS) is 35.6. The summed E-state index contributed by atoms with van der Waals surface area (Å²) in [4.78, 5) is 0. The van der Waals surface area contributed by atoms with Gasteiger partial charge in [-0.05, 0) is 23.7 Å². The third-order valence-corrected chi connectivity index (χ3v) is 4.59. The molecule has 0 aromatic heterocycles. The molecule has 0 heterocycles. The zero-order valence-electron chi connectivity index (χ0n) is 10.6. The van der Waals surface area contributed by atoms with E-state index < -0.39 is 0 Å². The average Bonchev–Trinajstić information content (AvgIpc) is 2.26. The van der Waals surface area contributed by atoms with Crippen molar-refractivity contribution in [3.63, 3.8) is 0 Å². The van der Waals surface area contributed by atoms with Crippen LogP contribution in [0.2, 0.25) is 0 Å². The summed E-state index contributed by atoms with van der Waals surface area (Å²) in [6, 6.07) is 0. The van der Waals surface area contributed by atoms with Crippen molar-refractivity contribution < 1.29 is 0 Å². The van der Waals surface area contributed by atoms with Crippen LogP contribution in [-0.2, 0) is 0 Å². The predicted octanol–water partition coefficient (Wildman–Crippen LogP) is 4.89. The molecule has 0 aromatic rings. The van der Waals surface area contributed by atoms with Gasteiger partial charge >= 0.3 is 0 Å². The zero-order valence-corrected chi connectivity index (χ0v) is 10.6. The minimum Gasteiger partial charge on any atom is -0.0651 e. The molecule has 0 saturated heterocycles. The summed E-state index contributed by atoms with van der Waals surface area (Å²) < 4.78 is 0. The molecule has 0 N–H and O–H groups in total. The smallest absolute Gasteiger partial charge is 0.0332 e. The summed E-state index contributed by atoms with van der Waals surface area (Å²) in [5.74, 6) is 4.04. The molecule has 1 rings (SSSR count). The topological polar surface area (TPSA) is 0 Å². The van der Waals surface area contributed by atoms with E-state index in [-0.39, 0.29) is 0 Å². The van der Waals surface area contributed by atoms with Gasteiger partial charge < -0.3 is 0 Å². The molecule has 0 amide bonds. The second-order valence-corrected chi connectivity index (χ2v) is 5.23. The second-order valence-electron chi connectivity index (χ2n) is 5.23. The van der Waals surface area contributed by atoms with E-state index in [1.54, 1.807) is 0 Å². The fourth-order valence-corrected chi connectivity index (χ4v) is 3.57. The van der Waals surface area contributed by atoms with Crippen molar-refractivity contribution in [3.05, 3.63) is 0 Å². The number of hydrogen-bond acceptors (Lipinski definition) is 0. The Morgan fingerprint density at radius 2 is 1.50 bits per heavy atom. The molecule has 3 atom stereocenters. The molecule has 84 valence electrons. The zero-order chi connectivity index (χ0) is 10.6. The van der Waals surface area contributed by atoms with Gasteiger partial charge in [0.2, 0.25) is 0 Å². The summed E-state index contributed by atoms with van der Waals surface area (Å²) in [6.07, 6.45) is 8.68. The van der Waals surface area contributed by atoms with Gasteiger partial charge in [0.25, 0.3) is 0 Å². The van der Waals surface area contributed by atoms with E-state index in [1.165, 1.54) is 38.5 Å². The molecule has 0 radical (unpaired) electrons. The standard InChI is InChI=1S/C14H28/c1-5-11(4)14-12(6-2)9-8-10-13(14)7-3/h11-14H,5-10H2,1-4H3. The Bertz CT molecular complexity index is 138. The van der Waals surface area contributed by atoms with Gasteiger partial charge in [-0.1, -0.05) is 66.2 Å². The summed E-state index contributed by atoms with van der Waals surface area (Å²) in [7, 11) is 0. The van der Waals surface area contributed by atoms with Gasteiger partial charge in [-0.3, -0.25) is 0 Å². The molecule has 0 spiro atoms. The minimum atomic E-state index is 0.949.